The molecule has 1 heterocycles. The predicted molar refractivity (Wildman–Crippen MR) is 66.3 cm³/mol. The minimum absolute atomic E-state index is 0.249. The summed E-state index contributed by atoms with van der Waals surface area (Å²) in [4.78, 5) is 0. The van der Waals surface area contributed by atoms with Gasteiger partial charge in [0.1, 0.15) is 5.82 Å². The Bertz CT molecular complexity index is 430. The molecule has 0 bridgehead atoms. The van der Waals surface area contributed by atoms with Crippen molar-refractivity contribution in [1.29, 1.82) is 0 Å². The Morgan fingerprint density at radius 2 is 2.06 bits per heavy atom. The lowest BCUT2D eigenvalue weighted by molar-refractivity contribution is -0.0949. The normalized spacial score (nSPS) is 28.1. The van der Waals surface area contributed by atoms with Crippen molar-refractivity contribution in [3.8, 4) is 0 Å². The van der Waals surface area contributed by atoms with Crippen molar-refractivity contribution in [2.24, 2.45) is 5.41 Å². The van der Waals surface area contributed by atoms with Gasteiger partial charge < -0.3 is 10.4 Å². The first-order chi connectivity index (χ1) is 7.87. The molecule has 2 rings (SSSR count). The summed E-state index contributed by atoms with van der Waals surface area (Å²) in [6.07, 6.45) is 0.659. The number of hydrogen-bond donors (Lipinski definition) is 2. The van der Waals surface area contributed by atoms with Crippen molar-refractivity contribution in [3.05, 3.63) is 35.1 Å². The van der Waals surface area contributed by atoms with Crippen LogP contribution in [0.4, 0.5) is 4.39 Å². The van der Waals surface area contributed by atoms with Gasteiger partial charge in [-0.3, -0.25) is 0 Å². The largest absolute Gasteiger partial charge is 0.384 e. The molecule has 1 aliphatic heterocycles. The third-order valence-corrected chi connectivity index (χ3v) is 3.98. The molecule has 0 radical (unpaired) electrons. The number of aryl methyl sites for hydroxylation is 1. The van der Waals surface area contributed by atoms with Gasteiger partial charge in [-0.1, -0.05) is 19.9 Å². The predicted octanol–water partition coefficient (Wildman–Crippen LogP) is 2.34. The molecule has 3 heteroatoms. The van der Waals surface area contributed by atoms with E-state index in [4.69, 9.17) is 0 Å². The standard InChI is InChI=1S/C14H20FNO/c1-10-8-11(15)4-5-12(10)14(17)6-7-16-9-13(14,2)3/h4-5,8,16-17H,6-7,9H2,1-3H3. The molecule has 1 atom stereocenters. The molecule has 0 aliphatic carbocycles. The van der Waals surface area contributed by atoms with Crippen molar-refractivity contribution >= 4 is 0 Å². The number of nitrogens with one attached hydrogen (secondary N) is 1. The highest BCUT2D eigenvalue weighted by atomic mass is 19.1. The molecule has 0 spiro atoms. The minimum Gasteiger partial charge on any atom is -0.384 e. The second-order valence-corrected chi connectivity index (χ2v) is 5.63. The van der Waals surface area contributed by atoms with E-state index in [2.05, 4.69) is 5.32 Å². The number of halogens is 1. The first-order valence-electron chi connectivity index (χ1n) is 6.06. The van der Waals surface area contributed by atoms with E-state index in [0.717, 1.165) is 24.2 Å². The highest BCUT2D eigenvalue weighted by Crippen LogP contribution is 2.44. The second-order valence-electron chi connectivity index (χ2n) is 5.63. The maximum absolute atomic E-state index is 13.1. The summed E-state index contributed by atoms with van der Waals surface area (Å²) in [6, 6.07) is 4.64. The first-order valence-corrected chi connectivity index (χ1v) is 6.06. The minimum atomic E-state index is -0.879. The van der Waals surface area contributed by atoms with Gasteiger partial charge in [0.15, 0.2) is 0 Å². The molecule has 94 valence electrons. The van der Waals surface area contributed by atoms with Crippen LogP contribution < -0.4 is 5.32 Å². The van der Waals surface area contributed by atoms with E-state index in [0.29, 0.717) is 6.42 Å². The average Bonchev–Trinajstić information content (AvgIpc) is 2.22. The molecule has 1 aliphatic rings. The van der Waals surface area contributed by atoms with E-state index in [-0.39, 0.29) is 11.2 Å². The summed E-state index contributed by atoms with van der Waals surface area (Å²) < 4.78 is 13.1. The molecule has 1 fully saturated rings. The molecule has 1 saturated heterocycles. The van der Waals surface area contributed by atoms with Gasteiger partial charge in [-0.2, -0.15) is 0 Å². The highest BCUT2D eigenvalue weighted by molar-refractivity contribution is 5.34. The van der Waals surface area contributed by atoms with Crippen LogP contribution in [0.15, 0.2) is 18.2 Å². The fraction of sp³-hybridized carbons (Fsp3) is 0.571. The van der Waals surface area contributed by atoms with Crippen molar-refractivity contribution in [1.82, 2.24) is 5.32 Å². The Morgan fingerprint density at radius 1 is 1.35 bits per heavy atom. The number of benzene rings is 1. The topological polar surface area (TPSA) is 32.3 Å². The van der Waals surface area contributed by atoms with Gasteiger partial charge in [0, 0.05) is 12.0 Å². The molecule has 1 aromatic rings. The molecule has 0 aromatic heterocycles. The Morgan fingerprint density at radius 3 is 2.65 bits per heavy atom. The molecule has 1 unspecified atom stereocenters. The fourth-order valence-corrected chi connectivity index (χ4v) is 2.75. The van der Waals surface area contributed by atoms with Crippen LogP contribution in [0.1, 0.15) is 31.4 Å². The molecular formula is C14H20FNO. The Kier molecular flexibility index (Phi) is 3.00. The zero-order chi connectivity index (χ0) is 12.7. The van der Waals surface area contributed by atoms with Crippen molar-refractivity contribution in [2.75, 3.05) is 13.1 Å². The number of aliphatic hydroxyl groups is 1. The van der Waals surface area contributed by atoms with Crippen LogP contribution in [-0.4, -0.2) is 18.2 Å². The monoisotopic (exact) mass is 237 g/mol. The van der Waals surface area contributed by atoms with Gasteiger partial charge in [-0.05, 0) is 43.1 Å². The zero-order valence-corrected chi connectivity index (χ0v) is 10.7. The van der Waals surface area contributed by atoms with Crippen LogP contribution in [0, 0.1) is 18.2 Å². The third kappa shape index (κ3) is 1.98. The van der Waals surface area contributed by atoms with Crippen LogP contribution >= 0.6 is 0 Å². The van der Waals surface area contributed by atoms with Crippen LogP contribution in [0.2, 0.25) is 0 Å². The van der Waals surface area contributed by atoms with Crippen molar-refractivity contribution < 1.29 is 9.50 Å². The Labute approximate surface area is 102 Å². The molecular weight excluding hydrogens is 217 g/mol. The lowest BCUT2D eigenvalue weighted by Crippen LogP contribution is -2.54. The maximum atomic E-state index is 13.1. The van der Waals surface area contributed by atoms with Crippen LogP contribution in [0.3, 0.4) is 0 Å². The van der Waals surface area contributed by atoms with Crippen molar-refractivity contribution in [2.45, 2.75) is 32.8 Å². The fourth-order valence-electron chi connectivity index (χ4n) is 2.75. The summed E-state index contributed by atoms with van der Waals surface area (Å²) in [5, 5.41) is 14.3. The molecule has 17 heavy (non-hydrogen) atoms. The Hall–Kier alpha value is -0.930. The molecule has 0 amide bonds. The summed E-state index contributed by atoms with van der Waals surface area (Å²) in [7, 11) is 0. The summed E-state index contributed by atoms with van der Waals surface area (Å²) >= 11 is 0. The van der Waals surface area contributed by atoms with Crippen LogP contribution in [0.5, 0.6) is 0 Å². The van der Waals surface area contributed by atoms with E-state index < -0.39 is 5.60 Å². The summed E-state index contributed by atoms with van der Waals surface area (Å²) in [5.74, 6) is -0.249. The molecule has 2 N–H and O–H groups in total. The van der Waals surface area contributed by atoms with Crippen LogP contribution in [-0.2, 0) is 5.60 Å². The highest BCUT2D eigenvalue weighted by Gasteiger charge is 2.47. The SMILES string of the molecule is Cc1cc(F)ccc1C1(O)CCNCC1(C)C. The number of hydrogen-bond acceptors (Lipinski definition) is 2. The molecule has 1 aromatic carbocycles. The average molecular weight is 237 g/mol. The first kappa shape index (κ1) is 12.5. The van der Waals surface area contributed by atoms with Crippen molar-refractivity contribution in [3.63, 3.8) is 0 Å². The van der Waals surface area contributed by atoms with Gasteiger partial charge in [0.2, 0.25) is 0 Å². The number of piperidine rings is 1. The van der Waals surface area contributed by atoms with E-state index >= 15 is 0 Å². The van der Waals surface area contributed by atoms with Gasteiger partial charge in [0.25, 0.3) is 0 Å². The summed E-state index contributed by atoms with van der Waals surface area (Å²) in [6.45, 7) is 7.50. The van der Waals surface area contributed by atoms with E-state index in [1.54, 1.807) is 6.07 Å². The van der Waals surface area contributed by atoms with Gasteiger partial charge in [-0.25, -0.2) is 4.39 Å². The third-order valence-electron chi connectivity index (χ3n) is 3.98. The number of rotatable bonds is 1. The van der Waals surface area contributed by atoms with E-state index in [1.807, 2.05) is 20.8 Å². The zero-order valence-electron chi connectivity index (χ0n) is 10.7. The maximum Gasteiger partial charge on any atom is 0.123 e. The second kappa shape index (κ2) is 4.07. The van der Waals surface area contributed by atoms with E-state index in [1.165, 1.54) is 12.1 Å². The Balaban J connectivity index is 2.49. The molecule has 0 saturated carbocycles. The lowest BCUT2D eigenvalue weighted by Gasteiger charge is -2.47. The lowest BCUT2D eigenvalue weighted by atomic mass is 9.66. The van der Waals surface area contributed by atoms with Gasteiger partial charge in [0.05, 0.1) is 5.60 Å². The smallest absolute Gasteiger partial charge is 0.123 e. The molecule has 2 nitrogen and oxygen atoms in total. The quantitative estimate of drug-likeness (QED) is 0.785. The van der Waals surface area contributed by atoms with E-state index in [9.17, 15) is 9.50 Å². The van der Waals surface area contributed by atoms with Gasteiger partial charge in [-0.15, -0.1) is 0 Å². The summed E-state index contributed by atoms with van der Waals surface area (Å²) in [5.41, 5.74) is 0.539. The van der Waals surface area contributed by atoms with Crippen LogP contribution in [0.25, 0.3) is 0 Å². The van der Waals surface area contributed by atoms with Gasteiger partial charge >= 0.3 is 0 Å².